The fourth-order valence-electron chi connectivity index (χ4n) is 3.02. The molecular formula is C18H22N4O3S2. The van der Waals surface area contributed by atoms with Gasteiger partial charge in [-0.2, -0.15) is 0 Å². The topological polar surface area (TPSA) is 92.3 Å². The summed E-state index contributed by atoms with van der Waals surface area (Å²) in [4.78, 5) is 14.8. The summed E-state index contributed by atoms with van der Waals surface area (Å²) in [7, 11) is -4.02. The molecule has 2 heterocycles. The zero-order valence-corrected chi connectivity index (χ0v) is 16.5. The van der Waals surface area contributed by atoms with Crippen molar-refractivity contribution < 1.29 is 13.2 Å². The van der Waals surface area contributed by atoms with E-state index in [2.05, 4.69) is 22.1 Å². The number of amides is 1. The molecule has 1 amide bonds. The molecule has 0 saturated carbocycles. The summed E-state index contributed by atoms with van der Waals surface area (Å²) in [6, 6.07) is 8.60. The summed E-state index contributed by atoms with van der Waals surface area (Å²) >= 11 is 0.927. The molecule has 1 aliphatic heterocycles. The number of rotatable bonds is 7. The highest BCUT2D eigenvalue weighted by molar-refractivity contribution is 7.94. The fraction of sp³-hybridized carbons (Fsp3) is 0.389. The van der Waals surface area contributed by atoms with Gasteiger partial charge < -0.3 is 10.2 Å². The quantitative estimate of drug-likeness (QED) is 0.711. The number of nitrogens with one attached hydrogen (secondary N) is 1. The van der Waals surface area contributed by atoms with Gasteiger partial charge in [-0.3, -0.25) is 4.79 Å². The van der Waals surface area contributed by atoms with E-state index in [0.717, 1.165) is 30.6 Å². The van der Waals surface area contributed by atoms with Gasteiger partial charge in [-0.25, -0.2) is 8.42 Å². The maximum absolute atomic E-state index is 13.3. The lowest BCUT2D eigenvalue weighted by Gasteiger charge is -2.30. The number of anilines is 1. The highest BCUT2D eigenvalue weighted by Gasteiger charge is 2.40. The number of sulfone groups is 1. The Morgan fingerprint density at radius 3 is 2.59 bits per heavy atom. The van der Waals surface area contributed by atoms with E-state index in [9.17, 15) is 13.2 Å². The van der Waals surface area contributed by atoms with Crippen molar-refractivity contribution in [3.05, 3.63) is 48.6 Å². The van der Waals surface area contributed by atoms with Gasteiger partial charge in [0.2, 0.25) is 25.2 Å². The molecule has 1 aromatic carbocycles. The highest BCUT2D eigenvalue weighted by Crippen LogP contribution is 2.34. The number of benzene rings is 1. The lowest BCUT2D eigenvalue weighted by Crippen LogP contribution is -2.41. The van der Waals surface area contributed by atoms with Crippen molar-refractivity contribution >= 4 is 32.2 Å². The lowest BCUT2D eigenvalue weighted by molar-refractivity contribution is -0.131. The molecule has 3 rings (SSSR count). The minimum absolute atomic E-state index is 0.159. The highest BCUT2D eigenvalue weighted by atomic mass is 32.2. The number of likely N-dealkylation sites (tertiary alicyclic amines) is 1. The predicted molar refractivity (Wildman–Crippen MR) is 105 cm³/mol. The second kappa shape index (κ2) is 8.62. The van der Waals surface area contributed by atoms with E-state index < -0.39 is 21.0 Å². The number of hydrogen-bond donors (Lipinski definition) is 1. The van der Waals surface area contributed by atoms with Crippen molar-refractivity contribution in [1.82, 2.24) is 15.1 Å². The maximum atomic E-state index is 13.3. The summed E-state index contributed by atoms with van der Waals surface area (Å²) in [5.41, 5.74) is 0.448. The Hall–Kier alpha value is -2.26. The molecule has 1 aromatic heterocycles. The first-order valence-corrected chi connectivity index (χ1v) is 11.2. The van der Waals surface area contributed by atoms with Crippen LogP contribution in [0.2, 0.25) is 0 Å². The van der Waals surface area contributed by atoms with E-state index in [1.54, 1.807) is 41.3 Å². The molecular weight excluding hydrogens is 384 g/mol. The third-order valence-electron chi connectivity index (χ3n) is 4.35. The number of piperidine rings is 1. The number of carbonyl (C=O) groups is 1. The third kappa shape index (κ3) is 4.36. The molecule has 2 aromatic rings. The van der Waals surface area contributed by atoms with Crippen LogP contribution in [0, 0.1) is 0 Å². The van der Waals surface area contributed by atoms with Crippen LogP contribution in [0.15, 0.2) is 47.3 Å². The SMILES string of the molecule is C=CCNc1nnc(S(=O)(=O)C(C(=O)N2CCCCC2)c2ccccc2)s1. The van der Waals surface area contributed by atoms with Gasteiger partial charge in [-0.1, -0.05) is 47.7 Å². The normalized spacial score (nSPS) is 15.9. The van der Waals surface area contributed by atoms with Crippen molar-refractivity contribution in [2.24, 2.45) is 0 Å². The Labute approximate surface area is 163 Å². The van der Waals surface area contributed by atoms with Crippen LogP contribution in [0.4, 0.5) is 5.13 Å². The first-order valence-electron chi connectivity index (χ1n) is 8.80. The molecule has 1 saturated heterocycles. The predicted octanol–water partition coefficient (Wildman–Crippen LogP) is 2.66. The van der Waals surface area contributed by atoms with Gasteiger partial charge in [0.15, 0.2) is 5.25 Å². The monoisotopic (exact) mass is 406 g/mol. The molecule has 0 bridgehead atoms. The van der Waals surface area contributed by atoms with E-state index in [-0.39, 0.29) is 4.34 Å². The van der Waals surface area contributed by atoms with E-state index in [1.807, 2.05) is 0 Å². The first kappa shape index (κ1) is 19.5. The average molecular weight is 407 g/mol. The van der Waals surface area contributed by atoms with Crippen molar-refractivity contribution in [3.63, 3.8) is 0 Å². The average Bonchev–Trinajstić information content (AvgIpc) is 3.18. The third-order valence-corrected chi connectivity index (χ3v) is 7.64. The molecule has 27 heavy (non-hydrogen) atoms. The van der Waals surface area contributed by atoms with Crippen LogP contribution in [0.25, 0.3) is 0 Å². The van der Waals surface area contributed by atoms with Crippen molar-refractivity contribution in [3.8, 4) is 0 Å². The Balaban J connectivity index is 1.97. The van der Waals surface area contributed by atoms with Crippen LogP contribution in [0.5, 0.6) is 0 Å². The van der Waals surface area contributed by atoms with Crippen LogP contribution in [0.1, 0.15) is 30.1 Å². The van der Waals surface area contributed by atoms with Crippen LogP contribution in [-0.2, 0) is 14.6 Å². The summed E-state index contributed by atoms with van der Waals surface area (Å²) in [5, 5.41) is 9.70. The van der Waals surface area contributed by atoms with Gasteiger partial charge in [0.1, 0.15) is 0 Å². The number of carbonyl (C=O) groups excluding carboxylic acids is 1. The zero-order valence-electron chi connectivity index (χ0n) is 14.9. The second-order valence-corrected chi connectivity index (χ2v) is 9.45. The minimum atomic E-state index is -4.02. The molecule has 144 valence electrons. The van der Waals surface area contributed by atoms with Gasteiger partial charge in [-0.15, -0.1) is 16.8 Å². The van der Waals surface area contributed by atoms with Gasteiger partial charge in [0, 0.05) is 19.6 Å². The Morgan fingerprint density at radius 1 is 1.22 bits per heavy atom. The molecule has 9 heteroatoms. The van der Waals surface area contributed by atoms with E-state index in [1.165, 1.54) is 0 Å². The maximum Gasteiger partial charge on any atom is 0.245 e. The molecule has 1 unspecified atom stereocenters. The van der Waals surface area contributed by atoms with Crippen molar-refractivity contribution in [1.29, 1.82) is 0 Å². The summed E-state index contributed by atoms with van der Waals surface area (Å²) in [6.07, 6.45) is 4.48. The smallest absolute Gasteiger partial charge is 0.245 e. The molecule has 0 aliphatic carbocycles. The van der Waals surface area contributed by atoms with Crippen LogP contribution < -0.4 is 5.32 Å². The minimum Gasteiger partial charge on any atom is -0.357 e. The van der Waals surface area contributed by atoms with Crippen molar-refractivity contribution in [2.45, 2.75) is 28.9 Å². The van der Waals surface area contributed by atoms with Crippen LogP contribution in [0.3, 0.4) is 0 Å². The Morgan fingerprint density at radius 2 is 1.93 bits per heavy atom. The van der Waals surface area contributed by atoms with Crippen LogP contribution in [-0.4, -0.2) is 49.1 Å². The number of aromatic nitrogens is 2. The first-order chi connectivity index (χ1) is 13.0. The summed E-state index contributed by atoms with van der Waals surface area (Å²) < 4.78 is 26.5. The van der Waals surface area contributed by atoms with Crippen LogP contribution >= 0.6 is 11.3 Å². The fourth-order valence-corrected chi connectivity index (χ4v) is 5.78. The van der Waals surface area contributed by atoms with Crippen molar-refractivity contribution in [2.75, 3.05) is 25.0 Å². The second-order valence-electron chi connectivity index (χ2n) is 6.26. The largest absolute Gasteiger partial charge is 0.357 e. The molecule has 1 N–H and O–H groups in total. The number of hydrogen-bond acceptors (Lipinski definition) is 7. The van der Waals surface area contributed by atoms with E-state index in [4.69, 9.17) is 0 Å². The Kier molecular flexibility index (Phi) is 6.22. The zero-order chi connectivity index (χ0) is 19.3. The molecule has 1 fully saturated rings. The van der Waals surface area contributed by atoms with Gasteiger partial charge in [0.05, 0.1) is 0 Å². The van der Waals surface area contributed by atoms with Gasteiger partial charge in [-0.05, 0) is 24.8 Å². The molecule has 0 spiro atoms. The molecule has 0 radical (unpaired) electrons. The molecule has 1 atom stereocenters. The van der Waals surface area contributed by atoms with E-state index >= 15 is 0 Å². The lowest BCUT2D eigenvalue weighted by atomic mass is 10.1. The number of nitrogens with zero attached hydrogens (tertiary/aromatic N) is 3. The van der Waals surface area contributed by atoms with Gasteiger partial charge in [0.25, 0.3) is 0 Å². The molecule has 1 aliphatic rings. The standard InChI is InChI=1S/C18H22N4O3S2/c1-2-11-19-17-20-21-18(26-17)27(24,25)15(14-9-5-3-6-10-14)16(23)22-12-7-4-8-13-22/h2-3,5-6,9-10,15H,1,4,7-8,11-13H2,(H,19,20). The Bertz CT molecular complexity index is 890. The summed E-state index contributed by atoms with van der Waals surface area (Å²) in [5.74, 6) is -0.392. The van der Waals surface area contributed by atoms with E-state index in [0.29, 0.717) is 30.3 Å². The summed E-state index contributed by atoms with van der Waals surface area (Å²) in [6.45, 7) is 5.21. The van der Waals surface area contributed by atoms with Gasteiger partial charge >= 0.3 is 0 Å². The molecule has 7 nitrogen and oxygen atoms in total.